The Morgan fingerprint density at radius 3 is 2.83 bits per heavy atom. The first-order valence-electron chi connectivity index (χ1n) is 5.45. The van der Waals surface area contributed by atoms with Crippen LogP contribution < -0.4 is 14.8 Å². The number of methoxy groups -OCH3 is 2. The van der Waals surface area contributed by atoms with Gasteiger partial charge < -0.3 is 14.8 Å². The predicted octanol–water partition coefficient (Wildman–Crippen LogP) is 1.54. The zero-order valence-electron chi connectivity index (χ0n) is 10.2. The number of benzene rings is 1. The highest BCUT2D eigenvalue weighted by molar-refractivity contribution is 8.14. The summed E-state index contributed by atoms with van der Waals surface area (Å²) in [6, 6.07) is 5.10. The van der Waals surface area contributed by atoms with E-state index in [9.17, 15) is 4.79 Å². The van der Waals surface area contributed by atoms with Gasteiger partial charge >= 0.3 is 0 Å². The molecule has 0 saturated carbocycles. The van der Waals surface area contributed by atoms with E-state index in [1.165, 1.54) is 18.9 Å². The second kappa shape index (κ2) is 5.77. The standard InChI is InChI=1S/C12H14N2O3S/c1-16-8-3-4-10(17-2)9(7-8)11(15)14-12-13-5-6-18-12/h3-4,7H,5-6H2,1-2H3,(H,13,14,15). The SMILES string of the molecule is COc1ccc(OC)c(C(=O)NC2=NCCS2)c1. The van der Waals surface area contributed by atoms with Crippen molar-refractivity contribution in [2.45, 2.75) is 0 Å². The Balaban J connectivity index is 2.21. The maximum Gasteiger partial charge on any atom is 0.261 e. The topological polar surface area (TPSA) is 59.9 Å². The Morgan fingerprint density at radius 2 is 2.22 bits per heavy atom. The van der Waals surface area contributed by atoms with Crippen molar-refractivity contribution in [3.63, 3.8) is 0 Å². The van der Waals surface area contributed by atoms with Crippen LogP contribution in [0.4, 0.5) is 0 Å². The summed E-state index contributed by atoms with van der Waals surface area (Å²) in [4.78, 5) is 16.3. The molecule has 0 aliphatic carbocycles. The summed E-state index contributed by atoms with van der Waals surface area (Å²) in [5.74, 6) is 1.79. The third kappa shape index (κ3) is 2.76. The van der Waals surface area contributed by atoms with Gasteiger partial charge in [0.05, 0.1) is 26.3 Å². The Hall–Kier alpha value is -1.69. The molecule has 1 amide bonds. The quantitative estimate of drug-likeness (QED) is 0.901. The molecule has 0 radical (unpaired) electrons. The van der Waals surface area contributed by atoms with E-state index in [0.717, 1.165) is 12.3 Å². The molecule has 5 nitrogen and oxygen atoms in total. The number of hydrogen-bond donors (Lipinski definition) is 1. The molecule has 6 heteroatoms. The van der Waals surface area contributed by atoms with Crippen LogP contribution >= 0.6 is 11.8 Å². The zero-order chi connectivity index (χ0) is 13.0. The number of nitrogens with zero attached hydrogens (tertiary/aromatic N) is 1. The highest BCUT2D eigenvalue weighted by atomic mass is 32.2. The summed E-state index contributed by atoms with van der Waals surface area (Å²) in [5, 5.41) is 3.42. The van der Waals surface area contributed by atoms with E-state index in [4.69, 9.17) is 9.47 Å². The molecule has 1 aromatic carbocycles. The molecule has 96 valence electrons. The molecule has 0 unspecified atom stereocenters. The van der Waals surface area contributed by atoms with Crippen molar-refractivity contribution >= 4 is 22.8 Å². The number of rotatable bonds is 3. The van der Waals surface area contributed by atoms with Crippen LogP contribution in [0, 0.1) is 0 Å². The van der Waals surface area contributed by atoms with Crippen molar-refractivity contribution in [3.8, 4) is 11.5 Å². The first-order chi connectivity index (χ1) is 8.74. The van der Waals surface area contributed by atoms with Crippen molar-refractivity contribution in [2.24, 2.45) is 4.99 Å². The van der Waals surface area contributed by atoms with Gasteiger partial charge in [0.15, 0.2) is 5.17 Å². The number of carbonyl (C=O) groups excluding carboxylic acids is 1. The molecular formula is C12H14N2O3S. The molecule has 0 bridgehead atoms. The van der Waals surface area contributed by atoms with E-state index in [2.05, 4.69) is 10.3 Å². The molecule has 1 aliphatic rings. The summed E-state index contributed by atoms with van der Waals surface area (Å²) in [5.41, 5.74) is 0.437. The van der Waals surface area contributed by atoms with Crippen LogP contribution in [0.25, 0.3) is 0 Å². The summed E-state index contributed by atoms with van der Waals surface area (Å²) in [6.07, 6.45) is 0. The number of amidine groups is 1. The van der Waals surface area contributed by atoms with E-state index < -0.39 is 0 Å². The first kappa shape index (κ1) is 12.8. The number of amides is 1. The van der Waals surface area contributed by atoms with Crippen LogP contribution in [-0.2, 0) is 0 Å². The Bertz CT molecular complexity index is 488. The van der Waals surface area contributed by atoms with Gasteiger partial charge in [0.1, 0.15) is 11.5 Å². The van der Waals surface area contributed by atoms with Crippen LogP contribution in [0.5, 0.6) is 11.5 Å². The summed E-state index contributed by atoms with van der Waals surface area (Å²) >= 11 is 1.53. The third-order valence-electron chi connectivity index (χ3n) is 2.46. The number of thioether (sulfide) groups is 1. The average molecular weight is 266 g/mol. The number of carbonyl (C=O) groups is 1. The van der Waals surface area contributed by atoms with E-state index in [1.54, 1.807) is 25.3 Å². The number of ether oxygens (including phenoxy) is 2. The molecule has 1 N–H and O–H groups in total. The van der Waals surface area contributed by atoms with Gasteiger partial charge in [0, 0.05) is 5.75 Å². The van der Waals surface area contributed by atoms with E-state index in [0.29, 0.717) is 22.2 Å². The third-order valence-corrected chi connectivity index (χ3v) is 3.35. The summed E-state index contributed by atoms with van der Waals surface area (Å²) in [6.45, 7) is 0.746. The van der Waals surface area contributed by atoms with E-state index >= 15 is 0 Å². The van der Waals surface area contributed by atoms with Crippen molar-refractivity contribution in [2.75, 3.05) is 26.5 Å². The molecular weight excluding hydrogens is 252 g/mol. The Labute approximate surface area is 110 Å². The molecule has 1 aliphatic heterocycles. The maximum absolute atomic E-state index is 12.1. The lowest BCUT2D eigenvalue weighted by molar-refractivity contribution is 0.0974. The highest BCUT2D eigenvalue weighted by Gasteiger charge is 2.17. The van der Waals surface area contributed by atoms with Crippen molar-refractivity contribution < 1.29 is 14.3 Å². The first-order valence-corrected chi connectivity index (χ1v) is 6.44. The summed E-state index contributed by atoms with van der Waals surface area (Å²) in [7, 11) is 3.08. The molecule has 0 saturated heterocycles. The zero-order valence-corrected chi connectivity index (χ0v) is 11.0. The molecule has 0 fully saturated rings. The van der Waals surface area contributed by atoms with Crippen LogP contribution in [0.3, 0.4) is 0 Å². The summed E-state index contributed by atoms with van der Waals surface area (Å²) < 4.78 is 10.3. The lowest BCUT2D eigenvalue weighted by Crippen LogP contribution is -2.27. The Morgan fingerprint density at radius 1 is 1.39 bits per heavy atom. The van der Waals surface area contributed by atoms with Gasteiger partial charge in [-0.1, -0.05) is 11.8 Å². The lowest BCUT2D eigenvalue weighted by Gasteiger charge is -2.10. The smallest absolute Gasteiger partial charge is 0.261 e. The van der Waals surface area contributed by atoms with Crippen molar-refractivity contribution in [1.29, 1.82) is 0 Å². The van der Waals surface area contributed by atoms with Gasteiger partial charge in [0.25, 0.3) is 5.91 Å². The molecule has 1 heterocycles. The number of aliphatic imine (C=N–C) groups is 1. The normalized spacial score (nSPS) is 14.0. The Kier molecular flexibility index (Phi) is 4.09. The minimum atomic E-state index is -0.237. The predicted molar refractivity (Wildman–Crippen MR) is 71.8 cm³/mol. The largest absolute Gasteiger partial charge is 0.497 e. The molecule has 2 rings (SSSR count). The molecule has 0 aromatic heterocycles. The fourth-order valence-corrected chi connectivity index (χ4v) is 2.29. The van der Waals surface area contributed by atoms with Crippen LogP contribution in [0.15, 0.2) is 23.2 Å². The minimum absolute atomic E-state index is 0.237. The van der Waals surface area contributed by atoms with Gasteiger partial charge in [-0.15, -0.1) is 0 Å². The minimum Gasteiger partial charge on any atom is -0.497 e. The molecule has 0 spiro atoms. The average Bonchev–Trinajstić information content (AvgIpc) is 2.90. The van der Waals surface area contributed by atoms with Crippen LogP contribution in [0.2, 0.25) is 0 Å². The molecule has 18 heavy (non-hydrogen) atoms. The van der Waals surface area contributed by atoms with Crippen molar-refractivity contribution in [1.82, 2.24) is 5.32 Å². The van der Waals surface area contributed by atoms with Gasteiger partial charge in [0.2, 0.25) is 0 Å². The second-order valence-corrected chi connectivity index (χ2v) is 4.64. The van der Waals surface area contributed by atoms with E-state index in [-0.39, 0.29) is 5.91 Å². The fraction of sp³-hybridized carbons (Fsp3) is 0.333. The van der Waals surface area contributed by atoms with Gasteiger partial charge in [-0.2, -0.15) is 0 Å². The van der Waals surface area contributed by atoms with Crippen molar-refractivity contribution in [3.05, 3.63) is 23.8 Å². The van der Waals surface area contributed by atoms with Crippen LogP contribution in [-0.4, -0.2) is 37.6 Å². The second-order valence-electron chi connectivity index (χ2n) is 3.56. The highest BCUT2D eigenvalue weighted by Crippen LogP contribution is 2.24. The molecule has 1 aromatic rings. The number of hydrogen-bond acceptors (Lipinski definition) is 5. The lowest BCUT2D eigenvalue weighted by atomic mass is 10.2. The van der Waals surface area contributed by atoms with Gasteiger partial charge in [-0.25, -0.2) is 0 Å². The fourth-order valence-electron chi connectivity index (χ4n) is 1.57. The van der Waals surface area contributed by atoms with Gasteiger partial charge in [-0.05, 0) is 18.2 Å². The maximum atomic E-state index is 12.1. The van der Waals surface area contributed by atoms with Crippen LogP contribution in [0.1, 0.15) is 10.4 Å². The van der Waals surface area contributed by atoms with Gasteiger partial charge in [-0.3, -0.25) is 9.79 Å². The monoisotopic (exact) mass is 266 g/mol. The number of nitrogens with one attached hydrogen (secondary N) is 1. The van der Waals surface area contributed by atoms with E-state index in [1.807, 2.05) is 0 Å². The molecule has 0 atom stereocenters.